The molecule has 0 amide bonds. The summed E-state index contributed by atoms with van der Waals surface area (Å²) in [5.41, 5.74) is 15.9. The Morgan fingerprint density at radius 3 is 1.12 bits per heavy atom. The molecule has 0 aliphatic heterocycles. The lowest BCUT2D eigenvalue weighted by Crippen LogP contribution is -2.10. The lowest BCUT2D eigenvalue weighted by Gasteiger charge is -2.28. The molecule has 8 aromatic carbocycles. The predicted molar refractivity (Wildman–Crippen MR) is 206 cm³/mol. The van der Waals surface area contributed by atoms with E-state index in [4.69, 9.17) is 0 Å². The highest BCUT2D eigenvalue weighted by Gasteiger charge is 2.24. The third kappa shape index (κ3) is 4.89. The van der Waals surface area contributed by atoms with Gasteiger partial charge in [0.25, 0.3) is 0 Å². The molecule has 0 N–H and O–H groups in total. The number of anilines is 3. The largest absolute Gasteiger partial charge is 0.358 e. The van der Waals surface area contributed by atoms with Crippen LogP contribution in [0.3, 0.4) is 0 Å². The Bertz CT molecular complexity index is 2240. The maximum absolute atomic E-state index is 2.41. The van der Waals surface area contributed by atoms with Crippen molar-refractivity contribution in [1.82, 2.24) is 0 Å². The number of hydrogen-bond donors (Lipinski definition) is 0. The van der Waals surface area contributed by atoms with Gasteiger partial charge in [0.15, 0.2) is 0 Å². The van der Waals surface area contributed by atoms with Gasteiger partial charge in [-0.1, -0.05) is 158 Å². The Hall–Kier alpha value is -6.18. The Morgan fingerprint density at radius 1 is 0.271 bits per heavy atom. The van der Waals surface area contributed by atoms with Crippen LogP contribution in [-0.4, -0.2) is 0 Å². The molecule has 0 saturated carbocycles. The zero-order chi connectivity index (χ0) is 31.2. The molecule has 228 valence electrons. The summed E-state index contributed by atoms with van der Waals surface area (Å²) in [5.74, 6) is 0. The normalized spacial score (nSPS) is 11.2. The van der Waals surface area contributed by atoms with Gasteiger partial charge < -0.3 is 12.3 Å². The van der Waals surface area contributed by atoms with Gasteiger partial charge in [0.05, 0.1) is 5.69 Å². The summed E-state index contributed by atoms with van der Waals surface area (Å²) in [7, 11) is 0. The van der Waals surface area contributed by atoms with Crippen molar-refractivity contribution >= 4 is 27.8 Å². The van der Waals surface area contributed by atoms with Gasteiger partial charge in [0.1, 0.15) is 0 Å². The highest BCUT2D eigenvalue weighted by Crippen LogP contribution is 2.50. The van der Waals surface area contributed by atoms with E-state index >= 15 is 0 Å². The zero-order valence-electron chi connectivity index (χ0n) is 26.8. The van der Waals surface area contributed by atoms with Crippen LogP contribution in [0.5, 0.6) is 0 Å². The second-order valence-electron chi connectivity index (χ2n) is 12.1. The van der Waals surface area contributed by atoms with Gasteiger partial charge in [-0.05, 0) is 91.4 Å². The molecule has 9 rings (SSSR count). The van der Waals surface area contributed by atoms with E-state index in [1.165, 1.54) is 66.4 Å². The van der Waals surface area contributed by atoms with Crippen LogP contribution in [0, 0.1) is 7.43 Å². The predicted octanol–water partition coefficient (Wildman–Crippen LogP) is 13.4. The fourth-order valence-corrected chi connectivity index (χ4v) is 7.24. The highest BCUT2D eigenvalue weighted by atomic mass is 15.1. The minimum absolute atomic E-state index is 0. The van der Waals surface area contributed by atoms with Crippen molar-refractivity contribution in [3.05, 3.63) is 195 Å². The Morgan fingerprint density at radius 2 is 0.646 bits per heavy atom. The molecule has 0 fully saturated rings. The molecule has 1 heteroatoms. The summed E-state index contributed by atoms with van der Waals surface area (Å²) in [4.78, 5) is 2.41. The van der Waals surface area contributed by atoms with Crippen LogP contribution < -0.4 is 4.90 Å². The fraction of sp³-hybridized carbons (Fsp3) is 0. The van der Waals surface area contributed by atoms with Crippen molar-refractivity contribution in [2.24, 2.45) is 0 Å². The van der Waals surface area contributed by atoms with Crippen LogP contribution in [-0.2, 0) is 0 Å². The molecule has 8 aromatic rings. The first kappa shape index (κ1) is 29.2. The summed E-state index contributed by atoms with van der Waals surface area (Å²) in [6.07, 6.45) is 0. The van der Waals surface area contributed by atoms with E-state index in [1.807, 2.05) is 0 Å². The molecule has 0 atom stereocenters. The lowest BCUT2D eigenvalue weighted by atomic mass is 9.92. The van der Waals surface area contributed by atoms with Crippen molar-refractivity contribution in [2.75, 3.05) is 4.90 Å². The van der Waals surface area contributed by atoms with Gasteiger partial charge in [0, 0.05) is 16.8 Å². The number of nitrogens with zero attached hydrogens (tertiary/aromatic N) is 1. The summed E-state index contributed by atoms with van der Waals surface area (Å²) in [6, 6.07) is 68.2. The number of fused-ring (bicyclic) bond motifs is 5. The Balaban J connectivity index is 0.00000336. The van der Waals surface area contributed by atoms with Crippen molar-refractivity contribution in [1.29, 1.82) is 0 Å². The SMILES string of the molecule is [CH3-].c1ccc(-c2ccc(N(c3ccc(-c4ccccc4)cc3)c3ccc4c5c(cccc35)-c3ccccc3-c3ccccc3-4)cc2)cc1. The van der Waals surface area contributed by atoms with E-state index in [-0.39, 0.29) is 7.43 Å². The van der Waals surface area contributed by atoms with E-state index in [0.717, 1.165) is 17.1 Å². The maximum Gasteiger partial charge on any atom is 0.0540 e. The van der Waals surface area contributed by atoms with E-state index < -0.39 is 0 Å². The number of hydrogen-bond acceptors (Lipinski definition) is 1. The lowest BCUT2D eigenvalue weighted by molar-refractivity contribution is 1.30. The van der Waals surface area contributed by atoms with Gasteiger partial charge in [-0.3, -0.25) is 0 Å². The Kier molecular flexibility index (Phi) is 7.43. The van der Waals surface area contributed by atoms with Crippen LogP contribution >= 0.6 is 0 Å². The third-order valence-corrected chi connectivity index (χ3v) is 9.45. The van der Waals surface area contributed by atoms with Crippen LogP contribution in [0.25, 0.3) is 66.4 Å². The zero-order valence-corrected chi connectivity index (χ0v) is 26.8. The fourth-order valence-electron chi connectivity index (χ4n) is 7.24. The molecule has 0 bridgehead atoms. The van der Waals surface area contributed by atoms with Gasteiger partial charge in [-0.15, -0.1) is 0 Å². The van der Waals surface area contributed by atoms with E-state index in [9.17, 15) is 0 Å². The van der Waals surface area contributed by atoms with E-state index in [0.29, 0.717) is 0 Å². The first-order chi connectivity index (χ1) is 23.3. The molecule has 0 radical (unpaired) electrons. The molecule has 48 heavy (non-hydrogen) atoms. The molecule has 1 nitrogen and oxygen atoms in total. The summed E-state index contributed by atoms with van der Waals surface area (Å²) >= 11 is 0. The van der Waals surface area contributed by atoms with E-state index in [1.54, 1.807) is 0 Å². The quantitative estimate of drug-likeness (QED) is 0.175. The molecule has 0 spiro atoms. The first-order valence-electron chi connectivity index (χ1n) is 16.2. The summed E-state index contributed by atoms with van der Waals surface area (Å²) in [6.45, 7) is 0. The molecule has 0 heterocycles. The molecular formula is C47H34N-. The molecule has 0 saturated heterocycles. The van der Waals surface area contributed by atoms with Crippen LogP contribution in [0.4, 0.5) is 17.1 Å². The van der Waals surface area contributed by atoms with Gasteiger partial charge in [-0.25, -0.2) is 0 Å². The second-order valence-corrected chi connectivity index (χ2v) is 12.1. The minimum Gasteiger partial charge on any atom is -0.358 e. The third-order valence-electron chi connectivity index (χ3n) is 9.45. The minimum atomic E-state index is 0. The smallest absolute Gasteiger partial charge is 0.0540 e. The summed E-state index contributed by atoms with van der Waals surface area (Å²) < 4.78 is 0. The standard InChI is InChI=1S/C46H31N.CH3/c1-3-12-32(13-4-1)34-22-26-36(27-23-34)47(37-28-24-35(25-29-37)33-14-5-2-6-15-33)45-31-30-43-41-19-10-8-17-39(41)38-16-7-9-18-40(38)42-20-11-21-44(45)46(42)43;/h1-31H;1H3/q;-1. The van der Waals surface area contributed by atoms with Crippen molar-refractivity contribution in [3.8, 4) is 55.6 Å². The Labute approximate surface area is 283 Å². The van der Waals surface area contributed by atoms with Crippen molar-refractivity contribution < 1.29 is 0 Å². The molecule has 1 aliphatic carbocycles. The van der Waals surface area contributed by atoms with E-state index in [2.05, 4.69) is 193 Å². The van der Waals surface area contributed by atoms with Crippen LogP contribution in [0.1, 0.15) is 0 Å². The monoisotopic (exact) mass is 612 g/mol. The van der Waals surface area contributed by atoms with Crippen molar-refractivity contribution in [2.45, 2.75) is 0 Å². The number of rotatable bonds is 5. The molecule has 0 aromatic heterocycles. The van der Waals surface area contributed by atoms with Crippen molar-refractivity contribution in [3.63, 3.8) is 0 Å². The molecule has 0 unspecified atom stereocenters. The highest BCUT2D eigenvalue weighted by molar-refractivity contribution is 6.17. The van der Waals surface area contributed by atoms with Gasteiger partial charge in [0.2, 0.25) is 0 Å². The first-order valence-corrected chi connectivity index (χ1v) is 16.2. The maximum atomic E-state index is 2.41. The second kappa shape index (κ2) is 12.2. The summed E-state index contributed by atoms with van der Waals surface area (Å²) in [5, 5.41) is 2.51. The average Bonchev–Trinajstić information content (AvgIpc) is 3.28. The topological polar surface area (TPSA) is 3.24 Å². The van der Waals surface area contributed by atoms with Gasteiger partial charge in [-0.2, -0.15) is 0 Å². The van der Waals surface area contributed by atoms with Crippen LogP contribution in [0.2, 0.25) is 0 Å². The number of benzene rings is 8. The molecular weight excluding hydrogens is 579 g/mol. The van der Waals surface area contributed by atoms with Crippen LogP contribution in [0.15, 0.2) is 188 Å². The molecule has 1 aliphatic rings. The average molecular weight is 613 g/mol. The van der Waals surface area contributed by atoms with Gasteiger partial charge >= 0.3 is 0 Å².